The average Bonchev–Trinajstić information content (AvgIpc) is 3.18. The van der Waals surface area contributed by atoms with Crippen LogP contribution in [0.2, 0.25) is 0 Å². The van der Waals surface area contributed by atoms with Crippen LogP contribution < -0.4 is 24.3 Å². The SMILES string of the molecule is COc1cccc(-n2nnc(C(=O)NCc3cc(OC)c(OC)cc3OC)c2C)c1. The van der Waals surface area contributed by atoms with Crippen LogP contribution in [0, 0.1) is 6.92 Å². The largest absolute Gasteiger partial charge is 0.497 e. The minimum atomic E-state index is -0.349. The summed E-state index contributed by atoms with van der Waals surface area (Å²) in [4.78, 5) is 12.7. The number of hydrogen-bond donors (Lipinski definition) is 1. The molecule has 0 bridgehead atoms. The van der Waals surface area contributed by atoms with Gasteiger partial charge in [-0.15, -0.1) is 5.10 Å². The summed E-state index contributed by atoms with van der Waals surface area (Å²) in [7, 11) is 6.24. The van der Waals surface area contributed by atoms with Gasteiger partial charge in [0, 0.05) is 24.2 Å². The van der Waals surface area contributed by atoms with E-state index in [-0.39, 0.29) is 18.1 Å². The molecule has 158 valence electrons. The molecule has 0 unspecified atom stereocenters. The van der Waals surface area contributed by atoms with E-state index >= 15 is 0 Å². The van der Waals surface area contributed by atoms with Crippen molar-refractivity contribution in [2.24, 2.45) is 0 Å². The molecule has 9 heteroatoms. The van der Waals surface area contributed by atoms with Crippen LogP contribution in [0.1, 0.15) is 21.7 Å². The molecule has 1 aromatic heterocycles. The first-order valence-corrected chi connectivity index (χ1v) is 9.16. The number of rotatable bonds is 8. The lowest BCUT2D eigenvalue weighted by Crippen LogP contribution is -2.24. The molecule has 0 saturated heterocycles. The Morgan fingerprint density at radius 2 is 1.67 bits per heavy atom. The number of ether oxygens (including phenoxy) is 4. The number of carbonyl (C=O) groups is 1. The minimum absolute atomic E-state index is 0.216. The molecule has 1 amide bonds. The van der Waals surface area contributed by atoms with Gasteiger partial charge in [0.1, 0.15) is 11.5 Å². The van der Waals surface area contributed by atoms with E-state index in [4.69, 9.17) is 18.9 Å². The number of carbonyl (C=O) groups excluding carboxylic acids is 1. The molecule has 3 rings (SSSR count). The van der Waals surface area contributed by atoms with Gasteiger partial charge >= 0.3 is 0 Å². The van der Waals surface area contributed by atoms with Crippen molar-refractivity contribution < 1.29 is 23.7 Å². The zero-order valence-corrected chi connectivity index (χ0v) is 17.6. The quantitative estimate of drug-likeness (QED) is 0.607. The van der Waals surface area contributed by atoms with Crippen LogP contribution in [-0.2, 0) is 6.54 Å². The molecule has 2 aromatic carbocycles. The van der Waals surface area contributed by atoms with E-state index in [1.54, 1.807) is 52.2 Å². The van der Waals surface area contributed by atoms with Gasteiger partial charge < -0.3 is 24.3 Å². The molecular formula is C21H24N4O5. The van der Waals surface area contributed by atoms with Gasteiger partial charge in [-0.25, -0.2) is 4.68 Å². The highest BCUT2D eigenvalue weighted by molar-refractivity contribution is 5.93. The first kappa shape index (κ1) is 21.0. The number of amides is 1. The maximum atomic E-state index is 12.7. The van der Waals surface area contributed by atoms with Crippen LogP contribution in [0.3, 0.4) is 0 Å². The van der Waals surface area contributed by atoms with Crippen molar-refractivity contribution in [3.05, 3.63) is 53.3 Å². The second-order valence-corrected chi connectivity index (χ2v) is 6.34. The summed E-state index contributed by atoms with van der Waals surface area (Å²) in [5.41, 5.74) is 2.33. The fourth-order valence-electron chi connectivity index (χ4n) is 3.02. The Labute approximate surface area is 174 Å². The number of nitrogens with one attached hydrogen (secondary N) is 1. The molecule has 1 heterocycles. The van der Waals surface area contributed by atoms with E-state index in [0.717, 1.165) is 11.3 Å². The maximum Gasteiger partial charge on any atom is 0.274 e. The number of aromatic nitrogens is 3. The van der Waals surface area contributed by atoms with Crippen molar-refractivity contribution in [2.45, 2.75) is 13.5 Å². The normalized spacial score (nSPS) is 10.4. The van der Waals surface area contributed by atoms with Crippen LogP contribution in [-0.4, -0.2) is 49.3 Å². The fraction of sp³-hybridized carbons (Fsp3) is 0.286. The summed E-state index contributed by atoms with van der Waals surface area (Å²) in [6.45, 7) is 2.00. The van der Waals surface area contributed by atoms with Gasteiger partial charge in [-0.05, 0) is 25.1 Å². The lowest BCUT2D eigenvalue weighted by atomic mass is 10.1. The Balaban J connectivity index is 1.80. The maximum absolute atomic E-state index is 12.7. The molecule has 3 aromatic rings. The molecule has 0 aliphatic rings. The van der Waals surface area contributed by atoms with Crippen molar-refractivity contribution in [1.82, 2.24) is 20.3 Å². The number of methoxy groups -OCH3 is 4. The van der Waals surface area contributed by atoms with Gasteiger partial charge in [0.2, 0.25) is 0 Å². The molecule has 0 radical (unpaired) electrons. The molecule has 0 saturated carbocycles. The summed E-state index contributed by atoms with van der Waals surface area (Å²) in [5.74, 6) is 2.00. The van der Waals surface area contributed by atoms with Gasteiger partial charge in [0.05, 0.1) is 39.8 Å². The number of nitrogens with zero attached hydrogens (tertiary/aromatic N) is 3. The van der Waals surface area contributed by atoms with Gasteiger partial charge in [-0.2, -0.15) is 0 Å². The summed E-state index contributed by atoms with van der Waals surface area (Å²) < 4.78 is 22.8. The molecule has 0 spiro atoms. The van der Waals surface area contributed by atoms with Crippen LogP contribution in [0.25, 0.3) is 5.69 Å². The zero-order valence-electron chi connectivity index (χ0n) is 17.6. The first-order chi connectivity index (χ1) is 14.5. The lowest BCUT2D eigenvalue weighted by Gasteiger charge is -2.14. The van der Waals surface area contributed by atoms with E-state index in [2.05, 4.69) is 15.6 Å². The Morgan fingerprint density at radius 1 is 0.967 bits per heavy atom. The van der Waals surface area contributed by atoms with Gasteiger partial charge in [-0.1, -0.05) is 11.3 Å². The Bertz CT molecular complexity index is 1050. The summed E-state index contributed by atoms with van der Waals surface area (Å²) in [6, 6.07) is 10.8. The first-order valence-electron chi connectivity index (χ1n) is 9.16. The standard InChI is InChI=1S/C21H24N4O5/c1-13-20(23-24-25(13)15-7-6-8-16(10-15)27-2)21(26)22-12-14-9-18(29-4)19(30-5)11-17(14)28-3/h6-11H,12H2,1-5H3,(H,22,26). The van der Waals surface area contributed by atoms with Crippen molar-refractivity contribution in [1.29, 1.82) is 0 Å². The van der Waals surface area contributed by atoms with E-state index < -0.39 is 0 Å². The zero-order chi connectivity index (χ0) is 21.7. The van der Waals surface area contributed by atoms with Crippen LogP contribution in [0.5, 0.6) is 23.0 Å². The third kappa shape index (κ3) is 4.14. The topological polar surface area (TPSA) is 96.7 Å². The van der Waals surface area contributed by atoms with Crippen LogP contribution in [0.15, 0.2) is 36.4 Å². The van der Waals surface area contributed by atoms with Crippen molar-refractivity contribution >= 4 is 5.91 Å². The highest BCUT2D eigenvalue weighted by Gasteiger charge is 2.19. The van der Waals surface area contributed by atoms with E-state index in [9.17, 15) is 4.79 Å². The molecule has 0 fully saturated rings. The van der Waals surface area contributed by atoms with Gasteiger partial charge in [0.25, 0.3) is 5.91 Å². The number of hydrogen-bond acceptors (Lipinski definition) is 7. The van der Waals surface area contributed by atoms with E-state index in [1.165, 1.54) is 0 Å². The highest BCUT2D eigenvalue weighted by atomic mass is 16.5. The molecule has 30 heavy (non-hydrogen) atoms. The van der Waals surface area contributed by atoms with Crippen molar-refractivity contribution in [2.75, 3.05) is 28.4 Å². The molecular weight excluding hydrogens is 388 g/mol. The average molecular weight is 412 g/mol. The highest BCUT2D eigenvalue weighted by Crippen LogP contribution is 2.34. The molecule has 1 N–H and O–H groups in total. The summed E-state index contributed by atoms with van der Waals surface area (Å²) in [5, 5.41) is 11.0. The van der Waals surface area contributed by atoms with Crippen molar-refractivity contribution in [3.63, 3.8) is 0 Å². The third-order valence-electron chi connectivity index (χ3n) is 4.63. The van der Waals surface area contributed by atoms with Gasteiger partial charge in [0.15, 0.2) is 17.2 Å². The van der Waals surface area contributed by atoms with E-state index in [1.807, 2.05) is 24.3 Å². The molecule has 0 aliphatic heterocycles. The van der Waals surface area contributed by atoms with Crippen molar-refractivity contribution in [3.8, 4) is 28.7 Å². The third-order valence-corrected chi connectivity index (χ3v) is 4.63. The van der Waals surface area contributed by atoms with Gasteiger partial charge in [-0.3, -0.25) is 4.79 Å². The fourth-order valence-corrected chi connectivity index (χ4v) is 3.02. The summed E-state index contributed by atoms with van der Waals surface area (Å²) in [6.07, 6.45) is 0. The van der Waals surface area contributed by atoms with Crippen LogP contribution in [0.4, 0.5) is 0 Å². The second kappa shape index (κ2) is 9.17. The predicted molar refractivity (Wildman–Crippen MR) is 110 cm³/mol. The Kier molecular flexibility index (Phi) is 6.41. The molecule has 9 nitrogen and oxygen atoms in total. The van der Waals surface area contributed by atoms with Crippen LogP contribution >= 0.6 is 0 Å². The monoisotopic (exact) mass is 412 g/mol. The van der Waals surface area contributed by atoms with E-state index in [0.29, 0.717) is 28.7 Å². The molecule has 0 aliphatic carbocycles. The smallest absolute Gasteiger partial charge is 0.274 e. The molecule has 0 atom stereocenters. The Hall–Kier alpha value is -3.75. The summed E-state index contributed by atoms with van der Waals surface area (Å²) >= 11 is 0. The number of benzene rings is 2. The minimum Gasteiger partial charge on any atom is -0.497 e. The lowest BCUT2D eigenvalue weighted by molar-refractivity contribution is 0.0945. The second-order valence-electron chi connectivity index (χ2n) is 6.34. The predicted octanol–water partition coefficient (Wildman–Crippen LogP) is 2.54. The Morgan fingerprint density at radius 3 is 2.33 bits per heavy atom.